The van der Waals surface area contributed by atoms with Gasteiger partial charge in [0.15, 0.2) is 0 Å². The van der Waals surface area contributed by atoms with Gasteiger partial charge in [-0.05, 0) is 12.3 Å². The highest BCUT2D eigenvalue weighted by molar-refractivity contribution is 5.41. The normalized spacial score (nSPS) is 13.5. The highest BCUT2D eigenvalue weighted by Gasteiger charge is 2.33. The number of nitrogens with one attached hydrogen (secondary N) is 2. The van der Waals surface area contributed by atoms with Gasteiger partial charge >= 0.3 is 0 Å². The van der Waals surface area contributed by atoms with Crippen LogP contribution in [-0.4, -0.2) is 42.3 Å². The summed E-state index contributed by atoms with van der Waals surface area (Å²) < 4.78 is 1.43. The molecule has 2 N–H and O–H groups in total. The van der Waals surface area contributed by atoms with E-state index in [1.54, 1.807) is 7.05 Å². The zero-order chi connectivity index (χ0) is 16.2. The maximum Gasteiger partial charge on any atom is 0.258 e. The zero-order valence-electron chi connectivity index (χ0n) is 13.1. The molecule has 2 heterocycles. The molecule has 0 saturated heterocycles. The Bertz CT molecular complexity index is 659. The first-order valence-corrected chi connectivity index (χ1v) is 7.03. The SMILES string of the molecule is CCC(C#N)(Nc1nc(NC)nc(-n2cncn2)n1)C(C)C. The van der Waals surface area contributed by atoms with Crippen molar-refractivity contribution in [1.29, 1.82) is 5.26 Å². The molecule has 2 rings (SSSR count). The van der Waals surface area contributed by atoms with Gasteiger partial charge < -0.3 is 10.6 Å². The van der Waals surface area contributed by atoms with E-state index in [0.29, 0.717) is 24.3 Å². The Kier molecular flexibility index (Phi) is 4.50. The Labute approximate surface area is 128 Å². The van der Waals surface area contributed by atoms with Crippen molar-refractivity contribution in [1.82, 2.24) is 29.7 Å². The average molecular weight is 301 g/mol. The molecule has 0 aliphatic heterocycles. The molecule has 0 aromatic carbocycles. The van der Waals surface area contributed by atoms with Gasteiger partial charge in [-0.15, -0.1) is 0 Å². The van der Waals surface area contributed by atoms with Crippen molar-refractivity contribution in [3.8, 4) is 12.0 Å². The zero-order valence-corrected chi connectivity index (χ0v) is 13.1. The second kappa shape index (κ2) is 6.34. The van der Waals surface area contributed by atoms with Crippen LogP contribution in [0.25, 0.3) is 5.95 Å². The second-order valence-corrected chi connectivity index (χ2v) is 5.09. The first kappa shape index (κ1) is 15.6. The molecule has 0 aliphatic rings. The molecule has 0 bridgehead atoms. The number of aromatic nitrogens is 6. The number of hydrogen-bond acceptors (Lipinski definition) is 8. The van der Waals surface area contributed by atoms with Gasteiger partial charge in [0, 0.05) is 7.05 Å². The van der Waals surface area contributed by atoms with E-state index in [0.717, 1.165) is 0 Å². The summed E-state index contributed by atoms with van der Waals surface area (Å²) in [6, 6.07) is 2.34. The predicted molar refractivity (Wildman–Crippen MR) is 81.4 cm³/mol. The van der Waals surface area contributed by atoms with E-state index in [4.69, 9.17) is 0 Å². The van der Waals surface area contributed by atoms with Crippen LogP contribution in [0.2, 0.25) is 0 Å². The molecule has 0 fully saturated rings. The molecule has 0 aliphatic carbocycles. The van der Waals surface area contributed by atoms with Crippen LogP contribution in [0.15, 0.2) is 12.7 Å². The molecule has 1 atom stereocenters. The predicted octanol–water partition coefficient (Wildman–Crippen LogP) is 1.23. The summed E-state index contributed by atoms with van der Waals surface area (Å²) >= 11 is 0. The molecule has 0 spiro atoms. The van der Waals surface area contributed by atoms with Crippen molar-refractivity contribution >= 4 is 11.9 Å². The minimum atomic E-state index is -0.744. The summed E-state index contributed by atoms with van der Waals surface area (Å²) in [6.07, 6.45) is 3.52. The van der Waals surface area contributed by atoms with E-state index in [2.05, 4.69) is 41.7 Å². The van der Waals surface area contributed by atoms with Gasteiger partial charge in [-0.1, -0.05) is 20.8 Å². The number of anilines is 2. The molecule has 116 valence electrons. The van der Waals surface area contributed by atoms with Crippen LogP contribution in [-0.2, 0) is 0 Å². The maximum atomic E-state index is 9.56. The molecule has 0 radical (unpaired) electrons. The first-order valence-electron chi connectivity index (χ1n) is 7.03. The fourth-order valence-corrected chi connectivity index (χ4v) is 2.02. The molecule has 2 aromatic rings. The summed E-state index contributed by atoms with van der Waals surface area (Å²) in [5, 5.41) is 19.6. The smallest absolute Gasteiger partial charge is 0.258 e. The summed E-state index contributed by atoms with van der Waals surface area (Å²) in [4.78, 5) is 16.7. The highest BCUT2D eigenvalue weighted by atomic mass is 15.4. The summed E-state index contributed by atoms with van der Waals surface area (Å²) in [7, 11) is 1.71. The van der Waals surface area contributed by atoms with Crippen LogP contribution in [0, 0.1) is 17.2 Å². The first-order chi connectivity index (χ1) is 10.5. The van der Waals surface area contributed by atoms with Crippen LogP contribution >= 0.6 is 0 Å². The Hall–Kier alpha value is -2.76. The van der Waals surface area contributed by atoms with Gasteiger partial charge in [-0.3, -0.25) is 0 Å². The van der Waals surface area contributed by atoms with Crippen LogP contribution < -0.4 is 10.6 Å². The van der Waals surface area contributed by atoms with Gasteiger partial charge in [0.25, 0.3) is 5.95 Å². The van der Waals surface area contributed by atoms with Crippen LogP contribution in [0.5, 0.6) is 0 Å². The third-order valence-electron chi connectivity index (χ3n) is 3.55. The van der Waals surface area contributed by atoms with E-state index in [1.807, 2.05) is 20.8 Å². The molecular weight excluding hydrogens is 282 g/mol. The fraction of sp³-hybridized carbons (Fsp3) is 0.538. The molecule has 0 amide bonds. The molecule has 22 heavy (non-hydrogen) atoms. The van der Waals surface area contributed by atoms with E-state index < -0.39 is 5.54 Å². The number of hydrogen-bond donors (Lipinski definition) is 2. The number of nitriles is 1. The van der Waals surface area contributed by atoms with Gasteiger partial charge in [-0.2, -0.15) is 30.0 Å². The summed E-state index contributed by atoms with van der Waals surface area (Å²) in [5.74, 6) is 1.12. The summed E-state index contributed by atoms with van der Waals surface area (Å²) in [6.45, 7) is 5.92. The van der Waals surface area contributed by atoms with Crippen molar-refractivity contribution in [3.63, 3.8) is 0 Å². The Morgan fingerprint density at radius 3 is 2.55 bits per heavy atom. The van der Waals surface area contributed by atoms with Crippen molar-refractivity contribution in [2.24, 2.45) is 5.92 Å². The van der Waals surface area contributed by atoms with Gasteiger partial charge in [0.1, 0.15) is 18.2 Å². The monoisotopic (exact) mass is 301 g/mol. The van der Waals surface area contributed by atoms with Gasteiger partial charge in [0.05, 0.1) is 6.07 Å². The fourth-order valence-electron chi connectivity index (χ4n) is 2.02. The topological polar surface area (TPSA) is 117 Å². The molecular formula is C13H19N9. The maximum absolute atomic E-state index is 9.56. The molecule has 0 saturated carbocycles. The van der Waals surface area contributed by atoms with Crippen molar-refractivity contribution < 1.29 is 0 Å². The third kappa shape index (κ3) is 2.95. The van der Waals surface area contributed by atoms with Gasteiger partial charge in [-0.25, -0.2) is 4.98 Å². The lowest BCUT2D eigenvalue weighted by Crippen LogP contribution is -2.42. The number of nitrogens with zero attached hydrogens (tertiary/aromatic N) is 7. The van der Waals surface area contributed by atoms with Crippen LogP contribution in [0.1, 0.15) is 27.2 Å². The van der Waals surface area contributed by atoms with Crippen molar-refractivity contribution in [2.75, 3.05) is 17.7 Å². The quantitative estimate of drug-likeness (QED) is 0.818. The van der Waals surface area contributed by atoms with E-state index in [1.165, 1.54) is 17.3 Å². The third-order valence-corrected chi connectivity index (χ3v) is 3.55. The van der Waals surface area contributed by atoms with E-state index in [-0.39, 0.29) is 5.92 Å². The number of rotatable bonds is 6. The van der Waals surface area contributed by atoms with Gasteiger partial charge in [0.2, 0.25) is 11.9 Å². The van der Waals surface area contributed by atoms with E-state index >= 15 is 0 Å². The van der Waals surface area contributed by atoms with Crippen molar-refractivity contribution in [2.45, 2.75) is 32.7 Å². The standard InChI is InChI=1S/C13H19N9/c1-5-13(6-14,9(2)3)21-11-18-10(15-4)19-12(20-11)22-8-16-7-17-22/h7-9H,5H2,1-4H3,(H2,15,18,19,20,21). The Morgan fingerprint density at radius 1 is 1.32 bits per heavy atom. The molecule has 9 heteroatoms. The molecule has 2 aromatic heterocycles. The average Bonchev–Trinajstić information content (AvgIpc) is 3.06. The molecule has 1 unspecified atom stereocenters. The van der Waals surface area contributed by atoms with Crippen LogP contribution in [0.4, 0.5) is 11.9 Å². The minimum Gasteiger partial charge on any atom is -0.357 e. The van der Waals surface area contributed by atoms with Crippen molar-refractivity contribution in [3.05, 3.63) is 12.7 Å². The largest absolute Gasteiger partial charge is 0.357 e. The minimum absolute atomic E-state index is 0.0899. The summed E-state index contributed by atoms with van der Waals surface area (Å²) in [5.41, 5.74) is -0.744. The lowest BCUT2D eigenvalue weighted by molar-refractivity contribution is 0.413. The lowest BCUT2D eigenvalue weighted by Gasteiger charge is -2.30. The second-order valence-electron chi connectivity index (χ2n) is 5.09. The van der Waals surface area contributed by atoms with E-state index in [9.17, 15) is 5.26 Å². The molecule has 9 nitrogen and oxygen atoms in total. The lowest BCUT2D eigenvalue weighted by atomic mass is 9.85. The Balaban J connectivity index is 2.43. The highest BCUT2D eigenvalue weighted by Crippen LogP contribution is 2.25. The Morgan fingerprint density at radius 2 is 2.05 bits per heavy atom. The van der Waals surface area contributed by atoms with Crippen LogP contribution in [0.3, 0.4) is 0 Å².